The highest BCUT2D eigenvalue weighted by molar-refractivity contribution is 9.18. The fraction of sp³-hybridized carbons (Fsp3) is 0.667. The Labute approximate surface area is 49.6 Å². The lowest BCUT2D eigenvalue weighted by atomic mass is 10.4. The van der Waals surface area contributed by atoms with Gasteiger partial charge in [-0.25, -0.2) is 0 Å². The van der Waals surface area contributed by atoms with Gasteiger partial charge < -0.3 is 4.84 Å². The van der Waals surface area contributed by atoms with Crippen molar-refractivity contribution >= 4 is 20.6 Å². The fourth-order valence-electron chi connectivity index (χ4n) is 0.365. The zero-order valence-corrected chi connectivity index (χ0v) is 5.18. The molecule has 0 aliphatic carbocycles. The molecule has 0 bridgehead atoms. The molecule has 1 aliphatic heterocycles. The molecular formula is C3H5BrN2O. The van der Waals surface area contributed by atoms with Crippen molar-refractivity contribution < 1.29 is 4.84 Å². The Hall–Kier alpha value is -0.0900. The first-order valence-electron chi connectivity index (χ1n) is 1.93. The molecule has 1 aliphatic rings. The van der Waals surface area contributed by atoms with Crippen LogP contribution in [0.1, 0.15) is 6.42 Å². The van der Waals surface area contributed by atoms with Gasteiger partial charge in [0.05, 0.1) is 6.42 Å². The van der Waals surface area contributed by atoms with Gasteiger partial charge in [0.1, 0.15) is 4.62 Å². The second-order valence-electron chi connectivity index (χ2n) is 1.32. The second kappa shape index (κ2) is 1.79. The highest BCUT2D eigenvalue weighted by atomic mass is 79.9. The van der Waals surface area contributed by atoms with Gasteiger partial charge in [0.15, 0.2) is 6.23 Å². The number of nitrogens with two attached hydrogens (primary N) is 1. The van der Waals surface area contributed by atoms with Crippen LogP contribution in [0.5, 0.6) is 0 Å². The molecule has 0 spiro atoms. The normalized spacial score (nSPS) is 29.4. The minimum absolute atomic E-state index is 0.227. The van der Waals surface area contributed by atoms with Crippen LogP contribution in [-0.4, -0.2) is 10.8 Å². The van der Waals surface area contributed by atoms with E-state index in [2.05, 4.69) is 25.9 Å². The number of nitrogens with zero attached hydrogens (tertiary/aromatic N) is 1. The van der Waals surface area contributed by atoms with Crippen molar-refractivity contribution in [2.75, 3.05) is 0 Å². The van der Waals surface area contributed by atoms with Crippen LogP contribution in [0.25, 0.3) is 0 Å². The van der Waals surface area contributed by atoms with Gasteiger partial charge >= 0.3 is 0 Å². The highest BCUT2D eigenvalue weighted by Crippen LogP contribution is 2.08. The molecule has 0 radical (unpaired) electrons. The first kappa shape index (κ1) is 5.05. The lowest BCUT2D eigenvalue weighted by Gasteiger charge is -1.93. The Morgan fingerprint density at radius 3 is 2.86 bits per heavy atom. The summed E-state index contributed by atoms with van der Waals surface area (Å²) in [6.07, 6.45) is 0.467. The van der Waals surface area contributed by atoms with Gasteiger partial charge in [-0.3, -0.25) is 5.73 Å². The Balaban J connectivity index is 2.42. The SMILES string of the molecule is NC1CC(Br)=NO1. The Morgan fingerprint density at radius 2 is 2.71 bits per heavy atom. The molecule has 0 aromatic carbocycles. The minimum Gasteiger partial charge on any atom is -0.376 e. The average Bonchev–Trinajstić information content (AvgIpc) is 1.87. The summed E-state index contributed by atoms with van der Waals surface area (Å²) >= 11 is 3.12. The van der Waals surface area contributed by atoms with Crippen LogP contribution >= 0.6 is 15.9 Å². The lowest BCUT2D eigenvalue weighted by molar-refractivity contribution is 0.0907. The second-order valence-corrected chi connectivity index (χ2v) is 2.23. The van der Waals surface area contributed by atoms with E-state index >= 15 is 0 Å². The maximum absolute atomic E-state index is 5.26. The number of rotatable bonds is 0. The molecule has 0 saturated heterocycles. The average molecular weight is 165 g/mol. The molecule has 2 N–H and O–H groups in total. The summed E-state index contributed by atoms with van der Waals surface area (Å²) in [5, 5.41) is 3.53. The largest absolute Gasteiger partial charge is 0.376 e. The van der Waals surface area contributed by atoms with Crippen molar-refractivity contribution in [3.8, 4) is 0 Å². The monoisotopic (exact) mass is 164 g/mol. The van der Waals surface area contributed by atoms with E-state index in [1.165, 1.54) is 0 Å². The molecule has 4 heteroatoms. The molecule has 1 atom stereocenters. The third-order valence-electron chi connectivity index (χ3n) is 0.657. The van der Waals surface area contributed by atoms with Crippen LogP contribution < -0.4 is 5.73 Å². The number of hydrogen-bond acceptors (Lipinski definition) is 3. The van der Waals surface area contributed by atoms with E-state index < -0.39 is 0 Å². The van der Waals surface area contributed by atoms with Gasteiger partial charge in [-0.1, -0.05) is 5.16 Å². The van der Waals surface area contributed by atoms with Crippen LogP contribution in [-0.2, 0) is 4.84 Å². The third kappa shape index (κ3) is 1.14. The Bertz CT molecular complexity index is 103. The smallest absolute Gasteiger partial charge is 0.182 e. The summed E-state index contributed by atoms with van der Waals surface area (Å²) in [5.41, 5.74) is 5.26. The first-order valence-corrected chi connectivity index (χ1v) is 2.72. The molecule has 40 valence electrons. The zero-order chi connectivity index (χ0) is 5.28. The summed E-state index contributed by atoms with van der Waals surface area (Å²) in [5.74, 6) is 0. The van der Waals surface area contributed by atoms with E-state index in [9.17, 15) is 0 Å². The van der Waals surface area contributed by atoms with E-state index in [4.69, 9.17) is 5.73 Å². The van der Waals surface area contributed by atoms with Gasteiger partial charge in [0, 0.05) is 0 Å². The quantitative estimate of drug-likeness (QED) is 0.564. The van der Waals surface area contributed by atoms with Gasteiger partial charge in [0.25, 0.3) is 0 Å². The molecular weight excluding hydrogens is 160 g/mol. The van der Waals surface area contributed by atoms with Crippen molar-refractivity contribution in [1.29, 1.82) is 0 Å². The molecule has 0 saturated carbocycles. The lowest BCUT2D eigenvalue weighted by Crippen LogP contribution is -2.17. The van der Waals surface area contributed by atoms with E-state index in [0.717, 1.165) is 4.62 Å². The number of hydrogen-bond donors (Lipinski definition) is 1. The molecule has 0 amide bonds. The molecule has 1 unspecified atom stereocenters. The predicted octanol–water partition coefficient (Wildman–Crippen LogP) is 0.400. The summed E-state index contributed by atoms with van der Waals surface area (Å²) < 4.78 is 0.792. The van der Waals surface area contributed by atoms with Gasteiger partial charge in [-0.2, -0.15) is 0 Å². The van der Waals surface area contributed by atoms with Crippen molar-refractivity contribution in [3.63, 3.8) is 0 Å². The number of oxime groups is 1. The van der Waals surface area contributed by atoms with E-state index in [1.807, 2.05) is 0 Å². The molecule has 1 heterocycles. The van der Waals surface area contributed by atoms with Crippen LogP contribution in [0, 0.1) is 0 Å². The van der Waals surface area contributed by atoms with Gasteiger partial charge in [0.2, 0.25) is 0 Å². The summed E-state index contributed by atoms with van der Waals surface area (Å²) in [7, 11) is 0. The van der Waals surface area contributed by atoms with Crippen LogP contribution in [0.3, 0.4) is 0 Å². The van der Waals surface area contributed by atoms with Gasteiger partial charge in [-0.15, -0.1) is 0 Å². The summed E-state index contributed by atoms with van der Waals surface area (Å²) in [4.78, 5) is 4.58. The Morgan fingerprint density at radius 1 is 2.00 bits per heavy atom. The standard InChI is InChI=1S/C3H5BrN2O/c4-2-1-3(5)7-6-2/h3H,1,5H2. The van der Waals surface area contributed by atoms with E-state index in [-0.39, 0.29) is 6.23 Å². The Kier molecular flexibility index (Phi) is 1.30. The predicted molar refractivity (Wildman–Crippen MR) is 30.0 cm³/mol. The molecule has 3 nitrogen and oxygen atoms in total. The molecule has 7 heavy (non-hydrogen) atoms. The first-order chi connectivity index (χ1) is 3.29. The molecule has 0 aromatic heterocycles. The van der Waals surface area contributed by atoms with Crippen LogP contribution in [0.2, 0.25) is 0 Å². The molecule has 0 aromatic rings. The van der Waals surface area contributed by atoms with E-state index in [1.54, 1.807) is 0 Å². The third-order valence-corrected chi connectivity index (χ3v) is 1.13. The van der Waals surface area contributed by atoms with Crippen molar-refractivity contribution in [2.45, 2.75) is 12.6 Å². The highest BCUT2D eigenvalue weighted by Gasteiger charge is 2.12. The maximum atomic E-state index is 5.26. The fourth-order valence-corrected chi connectivity index (χ4v) is 0.768. The molecule has 0 fully saturated rings. The topological polar surface area (TPSA) is 47.6 Å². The van der Waals surface area contributed by atoms with Crippen molar-refractivity contribution in [3.05, 3.63) is 0 Å². The minimum atomic E-state index is -0.227. The van der Waals surface area contributed by atoms with Crippen LogP contribution in [0.4, 0.5) is 0 Å². The van der Waals surface area contributed by atoms with Crippen molar-refractivity contribution in [2.24, 2.45) is 10.9 Å². The van der Waals surface area contributed by atoms with Crippen molar-refractivity contribution in [1.82, 2.24) is 0 Å². The van der Waals surface area contributed by atoms with Gasteiger partial charge in [-0.05, 0) is 15.9 Å². The summed E-state index contributed by atoms with van der Waals surface area (Å²) in [6, 6.07) is 0. The van der Waals surface area contributed by atoms with E-state index in [0.29, 0.717) is 6.42 Å². The number of halogens is 1. The zero-order valence-electron chi connectivity index (χ0n) is 3.60. The molecule has 1 rings (SSSR count). The van der Waals surface area contributed by atoms with Crippen LogP contribution in [0.15, 0.2) is 5.16 Å². The maximum Gasteiger partial charge on any atom is 0.182 e. The summed E-state index contributed by atoms with van der Waals surface area (Å²) in [6.45, 7) is 0.